The molecular formula is C26H42N4O6. The summed E-state index contributed by atoms with van der Waals surface area (Å²) < 4.78 is 5.30. The Balaban J connectivity index is 3.59. The summed E-state index contributed by atoms with van der Waals surface area (Å²) in [6, 6.07) is 2.02. The van der Waals surface area contributed by atoms with Crippen LogP contribution in [0.1, 0.15) is 85.4 Å². The number of nitrogens with one attached hydrogen (secondary N) is 2. The van der Waals surface area contributed by atoms with Gasteiger partial charge in [0.05, 0.1) is 0 Å². The van der Waals surface area contributed by atoms with Crippen LogP contribution in [0.15, 0.2) is 18.2 Å². The smallest absolute Gasteiger partial charge is 0.408 e. The van der Waals surface area contributed by atoms with Crippen LogP contribution < -0.4 is 16.4 Å². The molecule has 0 heterocycles. The molecule has 5 N–H and O–H groups in total. The Morgan fingerprint density at radius 3 is 2.14 bits per heavy atom. The fraction of sp³-hybridized carbons (Fsp3) is 0.615. The maximum atomic E-state index is 13.9. The number of hydrogen-bond acceptors (Lipinski definition) is 6. The van der Waals surface area contributed by atoms with Crippen molar-refractivity contribution < 1.29 is 29.0 Å². The molecule has 0 spiro atoms. The normalized spacial score (nSPS) is 13.5. The number of phenolic OH excluding ortho intramolecular Hbond substituents is 1. The van der Waals surface area contributed by atoms with Gasteiger partial charge in [0.25, 0.3) is 0 Å². The summed E-state index contributed by atoms with van der Waals surface area (Å²) in [4.78, 5) is 52.8. The molecule has 2 unspecified atom stereocenters. The summed E-state index contributed by atoms with van der Waals surface area (Å²) in [6.45, 7) is 15.6. The molecule has 36 heavy (non-hydrogen) atoms. The Hall–Kier alpha value is -3.30. The topological polar surface area (TPSA) is 151 Å². The van der Waals surface area contributed by atoms with Gasteiger partial charge in [-0.15, -0.1) is 0 Å². The fourth-order valence-corrected chi connectivity index (χ4v) is 3.61. The van der Waals surface area contributed by atoms with E-state index in [0.717, 1.165) is 0 Å². The number of para-hydroxylation sites is 1. The largest absolute Gasteiger partial charge is 0.507 e. The van der Waals surface area contributed by atoms with E-state index in [1.807, 2.05) is 0 Å². The Morgan fingerprint density at radius 2 is 1.67 bits per heavy atom. The summed E-state index contributed by atoms with van der Waals surface area (Å²) in [6.07, 6.45) is -1.11. The van der Waals surface area contributed by atoms with Gasteiger partial charge in [0.15, 0.2) is 0 Å². The Morgan fingerprint density at radius 1 is 1.08 bits per heavy atom. The zero-order chi connectivity index (χ0) is 28.0. The predicted molar refractivity (Wildman–Crippen MR) is 137 cm³/mol. The van der Waals surface area contributed by atoms with Crippen LogP contribution in [-0.2, 0) is 19.1 Å². The summed E-state index contributed by atoms with van der Waals surface area (Å²) in [5.41, 5.74) is 4.64. The van der Waals surface area contributed by atoms with Crippen molar-refractivity contribution in [2.24, 2.45) is 5.73 Å². The quantitative estimate of drug-likeness (QED) is 0.404. The number of alkyl carbamates (subject to hydrolysis) is 1. The molecule has 1 aromatic rings. The van der Waals surface area contributed by atoms with Crippen LogP contribution in [0.3, 0.4) is 0 Å². The summed E-state index contributed by atoms with van der Waals surface area (Å²) in [7, 11) is 0. The van der Waals surface area contributed by atoms with Gasteiger partial charge in [-0.3, -0.25) is 14.4 Å². The molecule has 0 saturated carbocycles. The number of amides is 4. The molecule has 0 fully saturated rings. The average molecular weight is 507 g/mol. The third kappa shape index (κ3) is 9.39. The van der Waals surface area contributed by atoms with Crippen molar-refractivity contribution in [3.8, 4) is 5.75 Å². The summed E-state index contributed by atoms with van der Waals surface area (Å²) in [5, 5.41) is 16.3. The Kier molecular flexibility index (Phi) is 10.3. The van der Waals surface area contributed by atoms with Crippen LogP contribution in [0.2, 0.25) is 0 Å². The first-order valence-corrected chi connectivity index (χ1v) is 12.0. The number of carbonyl (C=O) groups excluding carboxylic acids is 4. The van der Waals surface area contributed by atoms with Crippen LogP contribution >= 0.6 is 0 Å². The predicted octanol–water partition coefficient (Wildman–Crippen LogP) is 3.05. The lowest BCUT2D eigenvalue weighted by Crippen LogP contribution is -2.56. The number of hydrogen-bond donors (Lipinski definition) is 4. The van der Waals surface area contributed by atoms with Gasteiger partial charge in [0.1, 0.15) is 23.4 Å². The molecule has 0 radical (unpaired) electrons. The van der Waals surface area contributed by atoms with Crippen molar-refractivity contribution in [3.63, 3.8) is 0 Å². The van der Waals surface area contributed by atoms with Crippen LogP contribution in [0.4, 0.5) is 4.79 Å². The van der Waals surface area contributed by atoms with Crippen molar-refractivity contribution in [1.82, 2.24) is 15.5 Å². The average Bonchev–Trinajstić information content (AvgIpc) is 2.68. The van der Waals surface area contributed by atoms with E-state index in [0.29, 0.717) is 5.56 Å². The summed E-state index contributed by atoms with van der Waals surface area (Å²) >= 11 is 0. The van der Waals surface area contributed by atoms with Crippen molar-refractivity contribution in [3.05, 3.63) is 29.3 Å². The zero-order valence-corrected chi connectivity index (χ0v) is 22.9. The van der Waals surface area contributed by atoms with E-state index in [1.54, 1.807) is 80.5 Å². The van der Waals surface area contributed by atoms with Crippen LogP contribution in [0.5, 0.6) is 5.75 Å². The molecule has 4 amide bonds. The number of nitrogens with zero attached hydrogens (tertiary/aromatic N) is 1. The van der Waals surface area contributed by atoms with E-state index in [1.165, 1.54) is 4.90 Å². The molecular weight excluding hydrogens is 464 g/mol. The third-order valence-electron chi connectivity index (χ3n) is 5.07. The van der Waals surface area contributed by atoms with Crippen molar-refractivity contribution in [1.29, 1.82) is 0 Å². The van der Waals surface area contributed by atoms with E-state index in [4.69, 9.17) is 10.5 Å². The van der Waals surface area contributed by atoms with E-state index in [-0.39, 0.29) is 24.2 Å². The molecule has 10 nitrogen and oxygen atoms in total. The molecule has 1 rings (SSSR count). The maximum absolute atomic E-state index is 13.9. The second kappa shape index (κ2) is 12.1. The van der Waals surface area contributed by atoms with Crippen molar-refractivity contribution >= 4 is 23.8 Å². The first kappa shape index (κ1) is 30.7. The molecule has 202 valence electrons. The molecule has 0 aliphatic heterocycles. The lowest BCUT2D eigenvalue weighted by atomic mass is 9.96. The van der Waals surface area contributed by atoms with Gasteiger partial charge in [0, 0.05) is 23.6 Å². The van der Waals surface area contributed by atoms with Crippen molar-refractivity contribution in [2.75, 3.05) is 0 Å². The van der Waals surface area contributed by atoms with Gasteiger partial charge in [-0.1, -0.05) is 18.2 Å². The minimum atomic E-state index is -1.21. The van der Waals surface area contributed by atoms with E-state index in [9.17, 15) is 24.3 Å². The Bertz CT molecular complexity index is 962. The molecule has 0 aliphatic rings. The van der Waals surface area contributed by atoms with Gasteiger partial charge in [-0.25, -0.2) is 4.79 Å². The molecule has 1 aromatic carbocycles. The zero-order valence-electron chi connectivity index (χ0n) is 22.9. The van der Waals surface area contributed by atoms with Gasteiger partial charge in [-0.05, 0) is 74.3 Å². The second-order valence-electron chi connectivity index (χ2n) is 11.2. The highest BCUT2D eigenvalue weighted by atomic mass is 16.6. The highest BCUT2D eigenvalue weighted by Crippen LogP contribution is 2.34. The highest BCUT2D eigenvalue weighted by Gasteiger charge is 2.40. The minimum Gasteiger partial charge on any atom is -0.507 e. The first-order chi connectivity index (χ1) is 16.3. The minimum absolute atomic E-state index is 0.0932. The Labute approximate surface area is 213 Å². The van der Waals surface area contributed by atoms with Crippen LogP contribution in [-0.4, -0.2) is 57.0 Å². The number of benzene rings is 1. The molecule has 0 bridgehead atoms. The number of aryl methyl sites for hydroxylation is 1. The van der Waals surface area contributed by atoms with E-state index < -0.39 is 53.1 Å². The number of rotatable bonds is 9. The number of ether oxygens (including phenoxy) is 1. The SMILES string of the molecule is Cc1cccc(C(C(=O)NC(C)(C)C)N(C(=O)C(CCC(N)=O)NC(=O)OC(C)(C)C)C(C)C)c1O. The van der Waals surface area contributed by atoms with Crippen molar-refractivity contribution in [2.45, 2.75) is 104 Å². The van der Waals surface area contributed by atoms with E-state index >= 15 is 0 Å². The van der Waals surface area contributed by atoms with Gasteiger partial charge >= 0.3 is 6.09 Å². The molecule has 2 atom stereocenters. The highest BCUT2D eigenvalue weighted by molar-refractivity contribution is 5.93. The number of nitrogens with two attached hydrogens (primary N) is 1. The molecule has 0 saturated heterocycles. The standard InChI is InChI=1S/C26H42N4O6/c1-15(2)30(23(34)18(13-14-19(27)31)28-24(35)36-26(7,8)9)20(22(33)29-25(4,5)6)17-12-10-11-16(3)21(17)32/h10-12,15,18,20,32H,13-14H2,1-9H3,(H2,27,31)(H,28,35)(H,29,33). The first-order valence-electron chi connectivity index (χ1n) is 12.0. The van der Waals surface area contributed by atoms with Crippen LogP contribution in [0, 0.1) is 6.92 Å². The molecule has 10 heteroatoms. The molecule has 0 aliphatic carbocycles. The monoisotopic (exact) mass is 506 g/mol. The number of aromatic hydroxyl groups is 1. The second-order valence-corrected chi connectivity index (χ2v) is 11.2. The maximum Gasteiger partial charge on any atom is 0.408 e. The third-order valence-corrected chi connectivity index (χ3v) is 5.07. The van der Waals surface area contributed by atoms with Gasteiger partial charge in [-0.2, -0.15) is 0 Å². The van der Waals surface area contributed by atoms with Gasteiger partial charge in [0.2, 0.25) is 17.7 Å². The lowest BCUT2D eigenvalue weighted by molar-refractivity contribution is -0.145. The fourth-order valence-electron chi connectivity index (χ4n) is 3.61. The van der Waals surface area contributed by atoms with E-state index in [2.05, 4.69) is 10.6 Å². The van der Waals surface area contributed by atoms with Gasteiger partial charge < -0.3 is 31.1 Å². The number of carbonyl (C=O) groups is 4. The van der Waals surface area contributed by atoms with Crippen LogP contribution in [0.25, 0.3) is 0 Å². The number of primary amides is 1. The lowest BCUT2D eigenvalue weighted by Gasteiger charge is -2.38. The number of phenols is 1. The summed E-state index contributed by atoms with van der Waals surface area (Å²) in [5.74, 6) is -1.88. The molecule has 0 aromatic heterocycles.